The smallest absolute Gasteiger partial charge is 0.336 e. The first-order valence-corrected chi connectivity index (χ1v) is 13.9. The van der Waals surface area contributed by atoms with Gasteiger partial charge in [-0.2, -0.15) is 0 Å². The second-order valence-electron chi connectivity index (χ2n) is 10.1. The van der Waals surface area contributed by atoms with E-state index in [9.17, 15) is 19.2 Å². The van der Waals surface area contributed by atoms with Crippen molar-refractivity contribution in [1.29, 1.82) is 0 Å². The summed E-state index contributed by atoms with van der Waals surface area (Å²) in [4.78, 5) is 45.7. The molecule has 2 unspecified atom stereocenters. The normalized spacial score (nSPS) is 15.7. The molecule has 2 aromatic carbocycles. The van der Waals surface area contributed by atoms with Crippen LogP contribution in [0.3, 0.4) is 0 Å². The Morgan fingerprint density at radius 3 is 2.20 bits per heavy atom. The summed E-state index contributed by atoms with van der Waals surface area (Å²) in [5, 5.41) is 36.2. The molecule has 1 heterocycles. The Morgan fingerprint density at radius 1 is 1.00 bits per heavy atom. The van der Waals surface area contributed by atoms with Crippen LogP contribution >= 0.6 is 0 Å². The van der Waals surface area contributed by atoms with Gasteiger partial charge >= 0.3 is 23.9 Å². The number of ether oxygens (including phenoxy) is 2. The quantitative estimate of drug-likeness (QED) is 0.230. The highest BCUT2D eigenvalue weighted by atomic mass is 16.5. The van der Waals surface area contributed by atoms with Crippen LogP contribution in [-0.2, 0) is 35.1 Å². The van der Waals surface area contributed by atoms with E-state index >= 15 is 0 Å². The molecule has 1 fully saturated rings. The van der Waals surface area contributed by atoms with E-state index < -0.39 is 36.4 Å². The van der Waals surface area contributed by atoms with Crippen LogP contribution < -0.4 is 0 Å². The predicted octanol–water partition coefficient (Wildman–Crippen LogP) is 3.20. The molecule has 3 rings (SSSR count). The molecule has 11 nitrogen and oxygen atoms in total. The Hall–Kier alpha value is -3.54. The van der Waals surface area contributed by atoms with Gasteiger partial charge in [0.25, 0.3) is 0 Å². The highest BCUT2D eigenvalue weighted by molar-refractivity contribution is 5.88. The van der Waals surface area contributed by atoms with Crippen LogP contribution in [0.4, 0.5) is 0 Å². The van der Waals surface area contributed by atoms with Crippen LogP contribution in [0.5, 0.6) is 0 Å². The Balaban J connectivity index is 0.000000383. The second-order valence-corrected chi connectivity index (χ2v) is 10.1. The molecule has 2 aromatic rings. The topological polar surface area (TPSA) is 171 Å². The lowest BCUT2D eigenvalue weighted by Crippen LogP contribution is -2.42. The number of likely N-dealkylation sites (N-methyl/N-ethyl adjacent to an activating group) is 1. The van der Waals surface area contributed by atoms with Gasteiger partial charge in [0, 0.05) is 13.2 Å². The maximum absolute atomic E-state index is 12.9. The minimum Gasteiger partial charge on any atom is -0.481 e. The molecule has 0 amide bonds. The van der Waals surface area contributed by atoms with Gasteiger partial charge in [-0.25, -0.2) is 4.79 Å². The first kappa shape index (κ1) is 33.7. The van der Waals surface area contributed by atoms with Crippen LogP contribution in [0.15, 0.2) is 42.5 Å². The van der Waals surface area contributed by atoms with Gasteiger partial charge in [-0.3, -0.25) is 14.4 Å². The number of hydrogen-bond acceptors (Lipinski definition) is 8. The van der Waals surface area contributed by atoms with Gasteiger partial charge in [-0.15, -0.1) is 0 Å². The van der Waals surface area contributed by atoms with Crippen molar-refractivity contribution in [3.63, 3.8) is 0 Å². The van der Waals surface area contributed by atoms with Gasteiger partial charge in [0.15, 0.2) is 5.60 Å². The van der Waals surface area contributed by atoms with Gasteiger partial charge < -0.3 is 34.8 Å². The average Bonchev–Trinajstić information content (AvgIpc) is 3.43. The van der Waals surface area contributed by atoms with Crippen molar-refractivity contribution < 1.29 is 49.1 Å². The SMILES string of the molecule is CCN(CC)CCOC(=O)C(Cc1cccc2ccccc12)CC1CCCO1.O=C(O)CC(O)(CC(=O)O)C(=O)O. The van der Waals surface area contributed by atoms with Gasteiger partial charge in [0.2, 0.25) is 0 Å². The Morgan fingerprint density at radius 2 is 1.63 bits per heavy atom. The van der Waals surface area contributed by atoms with Crippen LogP contribution in [0.1, 0.15) is 51.5 Å². The lowest BCUT2D eigenvalue weighted by molar-refractivity contribution is -0.170. The van der Waals surface area contributed by atoms with E-state index in [1.807, 2.05) is 0 Å². The van der Waals surface area contributed by atoms with E-state index in [2.05, 4.69) is 61.2 Å². The number of carbonyl (C=O) groups excluding carboxylic acids is 1. The molecule has 41 heavy (non-hydrogen) atoms. The summed E-state index contributed by atoms with van der Waals surface area (Å²) in [6.07, 6.45) is 1.46. The zero-order valence-corrected chi connectivity index (χ0v) is 23.7. The van der Waals surface area contributed by atoms with Crippen LogP contribution in [-0.4, -0.2) is 93.8 Å². The number of hydrogen-bond donors (Lipinski definition) is 4. The lowest BCUT2D eigenvalue weighted by atomic mass is 9.90. The van der Waals surface area contributed by atoms with Gasteiger partial charge in [-0.1, -0.05) is 56.3 Å². The molecule has 0 radical (unpaired) electrons. The minimum atomic E-state index is -2.74. The molecular weight excluding hydrogens is 534 g/mol. The molecule has 0 spiro atoms. The number of nitrogens with zero attached hydrogens (tertiary/aromatic N) is 1. The van der Waals surface area contributed by atoms with Crippen molar-refractivity contribution in [2.75, 3.05) is 32.8 Å². The summed E-state index contributed by atoms with van der Waals surface area (Å²) in [5.74, 6) is -5.27. The van der Waals surface area contributed by atoms with Crippen LogP contribution in [0.2, 0.25) is 0 Å². The monoisotopic (exact) mass is 575 g/mol. The molecule has 226 valence electrons. The van der Waals surface area contributed by atoms with Gasteiger partial charge in [-0.05, 0) is 55.1 Å². The molecule has 11 heteroatoms. The van der Waals surface area contributed by atoms with Crippen molar-refractivity contribution in [3.05, 3.63) is 48.0 Å². The van der Waals surface area contributed by atoms with Crippen molar-refractivity contribution in [1.82, 2.24) is 4.90 Å². The van der Waals surface area contributed by atoms with Crippen molar-refractivity contribution in [2.45, 2.75) is 64.1 Å². The summed E-state index contributed by atoms with van der Waals surface area (Å²) in [5.41, 5.74) is -1.53. The molecule has 0 aromatic heterocycles. The molecule has 0 saturated carbocycles. The van der Waals surface area contributed by atoms with Crippen LogP contribution in [0.25, 0.3) is 10.8 Å². The molecule has 4 N–H and O–H groups in total. The third-order valence-electron chi connectivity index (χ3n) is 7.08. The summed E-state index contributed by atoms with van der Waals surface area (Å²) in [6.45, 7) is 8.27. The number of esters is 1. The van der Waals surface area contributed by atoms with E-state index in [-0.39, 0.29) is 18.0 Å². The van der Waals surface area contributed by atoms with Gasteiger partial charge in [0.05, 0.1) is 24.9 Å². The third-order valence-corrected chi connectivity index (χ3v) is 7.08. The van der Waals surface area contributed by atoms with E-state index in [0.717, 1.165) is 45.5 Å². The number of aliphatic hydroxyl groups is 1. The Labute approximate surface area is 239 Å². The van der Waals surface area contributed by atoms with Crippen LogP contribution in [0, 0.1) is 5.92 Å². The standard InChI is InChI=1S/C24H33NO3.C6H8O7/c1-3-25(4-2)14-16-28-24(26)21(18-22-12-8-15-27-22)17-20-11-7-10-19-9-5-6-13-23(19)20;7-3(8)1-6(13,5(11)12)2-4(9)10/h5-7,9-11,13,21-22H,3-4,8,12,14-18H2,1-2H3;13H,1-2H2,(H,7,8)(H,9,10)(H,11,12). The molecule has 1 saturated heterocycles. The first-order chi connectivity index (χ1) is 19.5. The molecule has 1 aliphatic rings. The molecule has 1 aliphatic heterocycles. The molecular formula is C30H41NO10. The second kappa shape index (κ2) is 16.7. The Bertz CT molecular complexity index is 1140. The number of fused-ring (bicyclic) bond motifs is 1. The predicted molar refractivity (Wildman–Crippen MR) is 151 cm³/mol. The summed E-state index contributed by atoms with van der Waals surface area (Å²) < 4.78 is 11.5. The lowest BCUT2D eigenvalue weighted by Gasteiger charge is -2.22. The van der Waals surface area contributed by atoms with Gasteiger partial charge in [0.1, 0.15) is 6.61 Å². The number of aliphatic carboxylic acids is 3. The fourth-order valence-electron chi connectivity index (χ4n) is 4.79. The number of carbonyl (C=O) groups is 4. The third kappa shape index (κ3) is 11.1. The largest absolute Gasteiger partial charge is 0.481 e. The molecule has 2 atom stereocenters. The average molecular weight is 576 g/mol. The summed E-state index contributed by atoms with van der Waals surface area (Å²) >= 11 is 0. The molecule has 0 aliphatic carbocycles. The highest BCUT2D eigenvalue weighted by Crippen LogP contribution is 2.27. The Kier molecular flexibility index (Phi) is 13.7. The van der Waals surface area contributed by atoms with Crippen molar-refractivity contribution >= 4 is 34.6 Å². The van der Waals surface area contributed by atoms with Crippen molar-refractivity contribution in [3.8, 4) is 0 Å². The van der Waals surface area contributed by atoms with E-state index in [1.165, 1.54) is 16.3 Å². The van der Waals surface area contributed by atoms with E-state index in [4.69, 9.17) is 29.9 Å². The first-order valence-electron chi connectivity index (χ1n) is 13.9. The number of benzene rings is 2. The zero-order valence-electron chi connectivity index (χ0n) is 23.7. The number of rotatable bonds is 15. The summed E-state index contributed by atoms with van der Waals surface area (Å²) in [6, 6.07) is 14.7. The fourth-order valence-corrected chi connectivity index (χ4v) is 4.79. The highest BCUT2D eigenvalue weighted by Gasteiger charge is 2.40. The maximum atomic E-state index is 12.9. The zero-order chi connectivity index (χ0) is 30.4. The van der Waals surface area contributed by atoms with E-state index in [1.54, 1.807) is 0 Å². The minimum absolute atomic E-state index is 0.0874. The number of carboxylic acid groups (broad SMARTS) is 3. The molecule has 0 bridgehead atoms. The van der Waals surface area contributed by atoms with Crippen molar-refractivity contribution in [2.24, 2.45) is 5.92 Å². The summed E-state index contributed by atoms with van der Waals surface area (Å²) in [7, 11) is 0. The maximum Gasteiger partial charge on any atom is 0.336 e. The van der Waals surface area contributed by atoms with E-state index in [0.29, 0.717) is 13.0 Å². The number of carboxylic acids is 3. The fraction of sp³-hybridized carbons (Fsp3) is 0.533.